The molecule has 2 aliphatic heterocycles. The number of likely N-dealkylation sites (N-methyl/N-ethyl adjacent to an activating group) is 1. The van der Waals surface area contributed by atoms with Gasteiger partial charge in [-0.2, -0.15) is 0 Å². The minimum Gasteiger partial charge on any atom is -0.477 e. The van der Waals surface area contributed by atoms with Crippen LogP contribution in [0.5, 0.6) is 0 Å². The van der Waals surface area contributed by atoms with Gasteiger partial charge in [0.05, 0.1) is 27.0 Å². The Bertz CT molecular complexity index is 1340. The summed E-state index contributed by atoms with van der Waals surface area (Å²) < 4.78 is 0.612. The average molecular weight is 562 g/mol. The van der Waals surface area contributed by atoms with Gasteiger partial charge in [-0.05, 0) is 18.6 Å². The number of imidazole rings is 1. The summed E-state index contributed by atoms with van der Waals surface area (Å²) in [6.07, 6.45) is 5.34. The number of fused-ring (bicyclic) bond motifs is 1. The molecule has 2 aromatic heterocycles. The largest absolute Gasteiger partial charge is 0.477 e. The SMILES string of the molecule is CO/N=C(\C(=O)N[C@@H]1C(=O)N2C(C(=O)O)=C(/C=C/C[N+](C)(C)Cc3nc[nH]c3C)CS[C@@H]12)c1csc(N)n1. The second-order valence-corrected chi connectivity index (χ2v) is 11.4. The van der Waals surface area contributed by atoms with Gasteiger partial charge in [0.25, 0.3) is 11.8 Å². The number of aliphatic carboxylic acids is 1. The molecule has 0 bridgehead atoms. The molecule has 0 radical (unpaired) electrons. The zero-order valence-corrected chi connectivity index (χ0v) is 22.9. The van der Waals surface area contributed by atoms with Crippen molar-refractivity contribution >= 4 is 51.7 Å². The van der Waals surface area contributed by atoms with E-state index < -0.39 is 29.2 Å². The highest BCUT2D eigenvalue weighted by Crippen LogP contribution is 2.40. The average Bonchev–Trinajstić information content (AvgIpc) is 3.47. The van der Waals surface area contributed by atoms with E-state index in [2.05, 4.69) is 39.5 Å². The molecule has 38 heavy (non-hydrogen) atoms. The highest BCUT2D eigenvalue weighted by atomic mass is 32.2. The Hall–Kier alpha value is -3.69. The van der Waals surface area contributed by atoms with E-state index in [-0.39, 0.29) is 22.2 Å². The summed E-state index contributed by atoms with van der Waals surface area (Å²) in [7, 11) is 5.40. The van der Waals surface area contributed by atoms with Gasteiger partial charge in [-0.15, -0.1) is 23.1 Å². The van der Waals surface area contributed by atoms with Crippen molar-refractivity contribution in [2.45, 2.75) is 24.9 Å². The van der Waals surface area contributed by atoms with E-state index in [1.54, 1.807) is 17.8 Å². The van der Waals surface area contributed by atoms with E-state index in [0.717, 1.165) is 22.7 Å². The molecular formula is C23H29N8O5S2+. The van der Waals surface area contributed by atoms with E-state index in [0.29, 0.717) is 28.9 Å². The number of nitrogens with one attached hydrogen (secondary N) is 2. The molecule has 15 heteroatoms. The van der Waals surface area contributed by atoms with Crippen LogP contribution in [0.1, 0.15) is 17.1 Å². The molecule has 0 aromatic carbocycles. The Labute approximate surface area is 227 Å². The molecule has 202 valence electrons. The predicted octanol–water partition coefficient (Wildman–Crippen LogP) is 0.679. The summed E-state index contributed by atoms with van der Waals surface area (Å²) >= 11 is 2.51. The third-order valence-corrected chi connectivity index (χ3v) is 8.06. The molecular weight excluding hydrogens is 532 g/mol. The Morgan fingerprint density at radius 2 is 2.21 bits per heavy atom. The first-order valence-corrected chi connectivity index (χ1v) is 13.5. The van der Waals surface area contributed by atoms with Gasteiger partial charge >= 0.3 is 5.97 Å². The number of quaternary nitrogens is 1. The molecule has 13 nitrogen and oxygen atoms in total. The van der Waals surface area contributed by atoms with Gasteiger partial charge < -0.3 is 30.5 Å². The number of nitrogen functional groups attached to an aromatic ring is 1. The number of allylic oxidation sites excluding steroid dienone is 1. The van der Waals surface area contributed by atoms with Crippen molar-refractivity contribution in [2.24, 2.45) is 5.16 Å². The molecule has 0 unspecified atom stereocenters. The molecule has 0 aliphatic carbocycles. The highest BCUT2D eigenvalue weighted by molar-refractivity contribution is 8.00. The number of thiazole rings is 1. The van der Waals surface area contributed by atoms with Crippen LogP contribution in [0.15, 0.2) is 40.3 Å². The lowest BCUT2D eigenvalue weighted by Crippen LogP contribution is -2.71. The lowest BCUT2D eigenvalue weighted by atomic mass is 10.0. The van der Waals surface area contributed by atoms with Gasteiger partial charge in [-0.1, -0.05) is 11.2 Å². The number of aromatic amines is 1. The topological polar surface area (TPSA) is 176 Å². The maximum atomic E-state index is 13.0. The Balaban J connectivity index is 1.46. The van der Waals surface area contributed by atoms with E-state index in [1.165, 1.54) is 23.8 Å². The maximum absolute atomic E-state index is 13.0. The number of oxime groups is 1. The molecule has 0 spiro atoms. The fourth-order valence-electron chi connectivity index (χ4n) is 4.17. The lowest BCUT2D eigenvalue weighted by Gasteiger charge is -2.49. The van der Waals surface area contributed by atoms with Crippen LogP contribution in [0.3, 0.4) is 0 Å². The van der Waals surface area contributed by atoms with Gasteiger partial charge in [-0.25, -0.2) is 14.8 Å². The number of carboxylic acids is 1. The monoisotopic (exact) mass is 561 g/mol. The van der Waals surface area contributed by atoms with Gasteiger partial charge in [0.1, 0.15) is 42.2 Å². The smallest absolute Gasteiger partial charge is 0.352 e. The first kappa shape index (κ1) is 27.3. The highest BCUT2D eigenvalue weighted by Gasteiger charge is 2.54. The molecule has 1 saturated heterocycles. The first-order chi connectivity index (χ1) is 18.0. The number of hydrogen-bond donors (Lipinski definition) is 4. The summed E-state index contributed by atoms with van der Waals surface area (Å²) in [5, 5.41) is 17.5. The van der Waals surface area contributed by atoms with Crippen LogP contribution in [0.4, 0.5) is 5.13 Å². The number of β-lactam (4-membered cyclic amide) rings is 1. The zero-order valence-electron chi connectivity index (χ0n) is 21.3. The Morgan fingerprint density at radius 3 is 2.82 bits per heavy atom. The maximum Gasteiger partial charge on any atom is 0.352 e. The van der Waals surface area contributed by atoms with Crippen molar-refractivity contribution in [1.82, 2.24) is 25.2 Å². The number of thioether (sulfide) groups is 1. The molecule has 4 rings (SSSR count). The lowest BCUT2D eigenvalue weighted by molar-refractivity contribution is -0.898. The minimum atomic E-state index is -1.20. The van der Waals surface area contributed by atoms with Gasteiger partial charge in [0.15, 0.2) is 10.8 Å². The molecule has 5 N–H and O–H groups in total. The zero-order chi connectivity index (χ0) is 27.6. The number of carboxylic acid groups (broad SMARTS) is 1. The van der Waals surface area contributed by atoms with Crippen LogP contribution in [-0.4, -0.2) is 97.9 Å². The molecule has 2 atom stereocenters. The van der Waals surface area contributed by atoms with Gasteiger partial charge in [-0.3, -0.25) is 14.5 Å². The number of hydrogen-bond acceptors (Lipinski definition) is 10. The van der Waals surface area contributed by atoms with Gasteiger partial charge in [0.2, 0.25) is 0 Å². The standard InChI is InChI=1S/C23H28N8O5S2/c1-12-14(26-11-25-12)8-31(2,3)7-5-6-13-9-37-21-17(20(33)30(21)18(13)22(34)35)28-19(32)16(29-36-4)15-10-38-23(24)27-15/h5-6,10-11,17,21H,7-9H2,1-4H3,(H4-,24,25,26,27,28,32,34,35)/p+1/b6-5+,29-16-/t17-,21+/m1/s1. The molecule has 4 heterocycles. The summed E-state index contributed by atoms with van der Waals surface area (Å²) in [4.78, 5) is 55.5. The van der Waals surface area contributed by atoms with Gasteiger partial charge in [0, 0.05) is 16.8 Å². The number of nitrogens with two attached hydrogens (primary N) is 1. The van der Waals surface area contributed by atoms with Crippen LogP contribution in [0, 0.1) is 6.92 Å². The van der Waals surface area contributed by atoms with Crippen LogP contribution in [0.25, 0.3) is 0 Å². The first-order valence-electron chi connectivity index (χ1n) is 11.5. The third kappa shape index (κ3) is 5.58. The van der Waals surface area contributed by atoms with E-state index in [4.69, 9.17) is 10.6 Å². The van der Waals surface area contributed by atoms with Crippen LogP contribution in [0.2, 0.25) is 0 Å². The van der Waals surface area contributed by atoms with Crippen molar-refractivity contribution in [1.29, 1.82) is 0 Å². The van der Waals surface area contributed by atoms with Crippen LogP contribution >= 0.6 is 23.1 Å². The third-order valence-electron chi connectivity index (χ3n) is 6.08. The summed E-state index contributed by atoms with van der Waals surface area (Å²) in [5.74, 6) is -2.02. The number of carbonyl (C=O) groups is 3. The number of rotatable bonds is 10. The minimum absolute atomic E-state index is 0.0768. The van der Waals surface area contributed by atoms with Crippen molar-refractivity contribution in [3.63, 3.8) is 0 Å². The fraction of sp³-hybridized carbons (Fsp3) is 0.391. The molecule has 0 saturated carbocycles. The van der Waals surface area contributed by atoms with Crippen LogP contribution < -0.4 is 11.1 Å². The van der Waals surface area contributed by atoms with Crippen LogP contribution in [-0.2, 0) is 25.8 Å². The Kier molecular flexibility index (Phi) is 7.89. The molecule has 2 aliphatic rings. The van der Waals surface area contributed by atoms with Crippen molar-refractivity contribution in [3.8, 4) is 0 Å². The molecule has 1 fully saturated rings. The second-order valence-electron chi connectivity index (χ2n) is 9.39. The normalized spacial score (nSPS) is 19.9. The number of amides is 2. The fourth-order valence-corrected chi connectivity index (χ4v) is 6.04. The number of aryl methyl sites for hydroxylation is 1. The number of aromatic nitrogens is 3. The molecule has 2 amide bonds. The number of anilines is 1. The Morgan fingerprint density at radius 1 is 1.45 bits per heavy atom. The summed E-state index contributed by atoms with van der Waals surface area (Å²) in [6.45, 7) is 3.30. The summed E-state index contributed by atoms with van der Waals surface area (Å²) in [5.41, 5.74) is 8.19. The van der Waals surface area contributed by atoms with E-state index >= 15 is 0 Å². The van der Waals surface area contributed by atoms with Crippen molar-refractivity contribution in [2.75, 3.05) is 39.2 Å². The number of nitrogens with zero attached hydrogens (tertiary/aromatic N) is 5. The summed E-state index contributed by atoms with van der Waals surface area (Å²) in [6, 6.07) is -0.918. The quantitative estimate of drug-likeness (QED) is 0.141. The van der Waals surface area contributed by atoms with E-state index in [1.807, 2.05) is 13.0 Å². The number of H-pyrrole nitrogens is 1. The predicted molar refractivity (Wildman–Crippen MR) is 143 cm³/mol. The number of carbonyl (C=O) groups excluding carboxylic acids is 2. The van der Waals surface area contributed by atoms with E-state index in [9.17, 15) is 19.5 Å². The van der Waals surface area contributed by atoms with Crippen molar-refractivity contribution in [3.05, 3.63) is 52.2 Å². The van der Waals surface area contributed by atoms with Crippen molar-refractivity contribution < 1.29 is 28.8 Å². The molecule has 2 aromatic rings. The second kappa shape index (κ2) is 11.0.